The number of nitrogens with two attached hydrogens (primary N) is 1. The lowest BCUT2D eigenvalue weighted by atomic mass is 9.99. The summed E-state index contributed by atoms with van der Waals surface area (Å²) in [6.45, 7) is 6.51. The molecule has 6 nitrogen and oxygen atoms in total. The number of nitrogens with zero attached hydrogens (tertiary/aromatic N) is 4. The third-order valence-electron chi connectivity index (χ3n) is 4.38. The van der Waals surface area contributed by atoms with Crippen molar-refractivity contribution >= 4 is 41.7 Å². The van der Waals surface area contributed by atoms with Crippen molar-refractivity contribution in [3.63, 3.8) is 0 Å². The fourth-order valence-electron chi connectivity index (χ4n) is 3.10. The fourth-order valence-corrected chi connectivity index (χ4v) is 4.00. The number of rotatable bonds is 4. The minimum absolute atomic E-state index is 0. The average molecular weight is 451 g/mol. The van der Waals surface area contributed by atoms with E-state index < -0.39 is 0 Å². The summed E-state index contributed by atoms with van der Waals surface area (Å²) < 4.78 is 7.95. The van der Waals surface area contributed by atoms with Crippen LogP contribution in [0.5, 0.6) is 0 Å². The number of halogens is 1. The molecule has 0 saturated carbocycles. The van der Waals surface area contributed by atoms with E-state index in [-0.39, 0.29) is 30.1 Å². The van der Waals surface area contributed by atoms with Gasteiger partial charge in [0, 0.05) is 56.4 Å². The Hall–Kier alpha value is -0.480. The van der Waals surface area contributed by atoms with E-state index in [2.05, 4.69) is 28.0 Å². The van der Waals surface area contributed by atoms with Gasteiger partial charge in [-0.1, -0.05) is 0 Å². The van der Waals surface area contributed by atoms with Gasteiger partial charge in [0.15, 0.2) is 5.96 Å². The first-order valence-electron chi connectivity index (χ1n) is 8.05. The first kappa shape index (κ1) is 18.9. The molecule has 0 aliphatic carbocycles. The Labute approximate surface area is 159 Å². The highest BCUT2D eigenvalue weighted by Gasteiger charge is 2.31. The van der Waals surface area contributed by atoms with Crippen LogP contribution >= 0.6 is 35.7 Å². The summed E-state index contributed by atoms with van der Waals surface area (Å²) in [5.41, 5.74) is 7.32. The number of hydrogen-bond acceptors (Lipinski definition) is 4. The molecule has 3 heterocycles. The van der Waals surface area contributed by atoms with E-state index in [1.54, 1.807) is 0 Å². The molecule has 0 bridgehead atoms. The Morgan fingerprint density at radius 1 is 1.48 bits per heavy atom. The van der Waals surface area contributed by atoms with E-state index in [4.69, 9.17) is 10.5 Å². The van der Waals surface area contributed by atoms with Crippen LogP contribution in [0.3, 0.4) is 0 Å². The first-order valence-corrected chi connectivity index (χ1v) is 9.21. The maximum Gasteiger partial charge on any atom is 0.191 e. The summed E-state index contributed by atoms with van der Waals surface area (Å²) >= 11 is 1.98. The van der Waals surface area contributed by atoms with Crippen LogP contribution in [0.1, 0.15) is 25.1 Å². The lowest BCUT2D eigenvalue weighted by Gasteiger charge is -2.27. The lowest BCUT2D eigenvalue weighted by Crippen LogP contribution is -2.43. The maximum atomic E-state index is 6.16. The summed E-state index contributed by atoms with van der Waals surface area (Å²) in [4.78, 5) is 6.84. The Morgan fingerprint density at radius 3 is 3.00 bits per heavy atom. The van der Waals surface area contributed by atoms with Crippen molar-refractivity contribution in [2.75, 3.05) is 37.7 Å². The van der Waals surface area contributed by atoms with Crippen molar-refractivity contribution in [2.45, 2.75) is 26.0 Å². The Kier molecular flexibility index (Phi) is 7.48. The summed E-state index contributed by atoms with van der Waals surface area (Å²) in [6, 6.07) is 2.06. The molecule has 2 atom stereocenters. The second kappa shape index (κ2) is 9.12. The number of thioether (sulfide) groups is 1. The van der Waals surface area contributed by atoms with Gasteiger partial charge in [0.05, 0.1) is 5.69 Å². The highest BCUT2D eigenvalue weighted by molar-refractivity contribution is 14.0. The summed E-state index contributed by atoms with van der Waals surface area (Å²) in [5, 5.41) is 4.35. The maximum absolute atomic E-state index is 6.16. The molecular weight excluding hydrogens is 425 g/mol. The van der Waals surface area contributed by atoms with Gasteiger partial charge in [0.2, 0.25) is 0 Å². The molecule has 23 heavy (non-hydrogen) atoms. The zero-order valence-electron chi connectivity index (χ0n) is 13.6. The second-order valence-corrected chi connectivity index (χ2v) is 6.94. The molecule has 0 amide bonds. The minimum atomic E-state index is 0. The van der Waals surface area contributed by atoms with Crippen LogP contribution in [0.25, 0.3) is 0 Å². The van der Waals surface area contributed by atoms with Crippen LogP contribution in [-0.2, 0) is 11.3 Å². The van der Waals surface area contributed by atoms with E-state index >= 15 is 0 Å². The smallest absolute Gasteiger partial charge is 0.191 e. The monoisotopic (exact) mass is 451 g/mol. The van der Waals surface area contributed by atoms with Crippen molar-refractivity contribution < 1.29 is 4.74 Å². The Bertz CT molecular complexity index is 518. The number of guanidine groups is 1. The number of aromatic nitrogens is 2. The van der Waals surface area contributed by atoms with Crippen molar-refractivity contribution in [3.05, 3.63) is 18.0 Å². The highest BCUT2D eigenvalue weighted by Crippen LogP contribution is 2.34. The van der Waals surface area contributed by atoms with Gasteiger partial charge in [-0.15, -0.1) is 24.0 Å². The molecule has 2 fully saturated rings. The van der Waals surface area contributed by atoms with Gasteiger partial charge in [-0.2, -0.15) is 16.9 Å². The zero-order valence-corrected chi connectivity index (χ0v) is 16.7. The molecular formula is C15H26IN5OS. The average Bonchev–Trinajstić information content (AvgIpc) is 3.21. The van der Waals surface area contributed by atoms with Crippen molar-refractivity contribution in [3.8, 4) is 0 Å². The van der Waals surface area contributed by atoms with Gasteiger partial charge in [-0.25, -0.2) is 0 Å². The quantitative estimate of drug-likeness (QED) is 0.431. The van der Waals surface area contributed by atoms with Gasteiger partial charge in [-0.05, 0) is 19.4 Å². The number of aliphatic imine (C=N–C) groups is 1. The van der Waals surface area contributed by atoms with Crippen molar-refractivity contribution in [1.82, 2.24) is 14.7 Å². The van der Waals surface area contributed by atoms with Crippen molar-refractivity contribution in [1.29, 1.82) is 0 Å². The topological polar surface area (TPSA) is 68.7 Å². The van der Waals surface area contributed by atoms with Crippen LogP contribution in [0.4, 0.5) is 0 Å². The summed E-state index contributed by atoms with van der Waals surface area (Å²) in [5.74, 6) is 3.36. The number of aryl methyl sites for hydroxylation is 1. The van der Waals surface area contributed by atoms with Crippen molar-refractivity contribution in [2.24, 2.45) is 16.6 Å². The van der Waals surface area contributed by atoms with E-state index in [0.29, 0.717) is 11.9 Å². The van der Waals surface area contributed by atoms with Crippen LogP contribution in [0.15, 0.2) is 17.3 Å². The molecule has 130 valence electrons. The van der Waals surface area contributed by atoms with Gasteiger partial charge < -0.3 is 15.4 Å². The van der Waals surface area contributed by atoms with E-state index in [1.807, 2.05) is 22.6 Å². The van der Waals surface area contributed by atoms with Gasteiger partial charge in [0.1, 0.15) is 6.10 Å². The largest absolute Gasteiger partial charge is 0.372 e. The molecule has 0 radical (unpaired) electrons. The van der Waals surface area contributed by atoms with Gasteiger partial charge >= 0.3 is 0 Å². The predicted octanol–water partition coefficient (Wildman–Crippen LogP) is 1.96. The standard InChI is InChI=1S/C15H25N5OS.HI/c1-2-20-13(3-5-18-20)14-12(4-8-21-14)11-17-15(16)19-6-9-22-10-7-19;/h3,5,12,14H,2,4,6-11H2,1H3,(H2,16,17);1H/t12-,14+;/m0./s1. The Balaban J connectivity index is 0.00000192. The van der Waals surface area contributed by atoms with Crippen LogP contribution in [0, 0.1) is 5.92 Å². The molecule has 0 unspecified atom stereocenters. The van der Waals surface area contributed by atoms with Gasteiger partial charge in [-0.3, -0.25) is 9.67 Å². The van der Waals surface area contributed by atoms with E-state index in [1.165, 1.54) is 0 Å². The Morgan fingerprint density at radius 2 is 2.26 bits per heavy atom. The second-order valence-electron chi connectivity index (χ2n) is 5.71. The predicted molar refractivity (Wildman–Crippen MR) is 106 cm³/mol. The highest BCUT2D eigenvalue weighted by atomic mass is 127. The number of hydrogen-bond donors (Lipinski definition) is 1. The normalized spacial score (nSPS) is 25.4. The van der Waals surface area contributed by atoms with Crippen LogP contribution in [-0.4, -0.2) is 58.4 Å². The van der Waals surface area contributed by atoms with E-state index in [9.17, 15) is 0 Å². The molecule has 1 aromatic rings. The summed E-state index contributed by atoms with van der Waals surface area (Å²) in [6.07, 6.45) is 2.98. The fraction of sp³-hybridized carbons (Fsp3) is 0.733. The SMILES string of the molecule is CCn1nccc1[C@@H]1OCC[C@H]1CN=C(N)N1CCSCC1.I. The molecule has 3 rings (SSSR count). The molecule has 0 aromatic carbocycles. The molecule has 2 aliphatic heterocycles. The van der Waals surface area contributed by atoms with Gasteiger partial charge in [0.25, 0.3) is 0 Å². The first-order chi connectivity index (χ1) is 10.8. The molecule has 2 N–H and O–H groups in total. The van der Waals surface area contributed by atoms with Crippen LogP contribution < -0.4 is 5.73 Å². The molecule has 2 saturated heterocycles. The molecule has 1 aromatic heterocycles. The lowest BCUT2D eigenvalue weighted by molar-refractivity contribution is 0.0850. The third kappa shape index (κ3) is 4.54. The zero-order chi connectivity index (χ0) is 15.4. The molecule has 2 aliphatic rings. The minimum Gasteiger partial charge on any atom is -0.372 e. The molecule has 8 heteroatoms. The van der Waals surface area contributed by atoms with E-state index in [0.717, 1.165) is 56.4 Å². The third-order valence-corrected chi connectivity index (χ3v) is 5.32. The van der Waals surface area contributed by atoms with Crippen LogP contribution in [0.2, 0.25) is 0 Å². The molecule has 0 spiro atoms. The number of ether oxygens (including phenoxy) is 1. The summed E-state index contributed by atoms with van der Waals surface area (Å²) in [7, 11) is 0.